The molecule has 0 spiro atoms. The molecule has 2 heterocycles. The van der Waals surface area contributed by atoms with E-state index < -0.39 is 5.97 Å². The minimum Gasteiger partial charge on any atom is -0.478 e. The van der Waals surface area contributed by atoms with E-state index in [-0.39, 0.29) is 0 Å². The average molecular weight is 338 g/mol. The third-order valence-electron chi connectivity index (χ3n) is 3.34. The van der Waals surface area contributed by atoms with E-state index in [0.717, 1.165) is 35.2 Å². The second-order valence-electron chi connectivity index (χ2n) is 4.51. The first kappa shape index (κ1) is 12.7. The maximum absolute atomic E-state index is 11.0. The fourth-order valence-electron chi connectivity index (χ4n) is 2.38. The molecule has 0 unspecified atom stereocenters. The standard InChI is InChI=1S/C14H12BrNO2S/c15-11-4-6-19-13(11)8-16-5-3-9-7-10(14(17)18)1-2-12(9)16/h1-2,4,6-7H,3,5,8H2,(H,17,18). The van der Waals surface area contributed by atoms with Crippen LogP contribution < -0.4 is 4.90 Å². The van der Waals surface area contributed by atoms with Crippen LogP contribution in [-0.4, -0.2) is 17.6 Å². The maximum Gasteiger partial charge on any atom is 0.335 e. The number of fused-ring (bicyclic) bond motifs is 1. The lowest BCUT2D eigenvalue weighted by Gasteiger charge is -2.18. The summed E-state index contributed by atoms with van der Waals surface area (Å²) >= 11 is 5.29. The summed E-state index contributed by atoms with van der Waals surface area (Å²) in [5.41, 5.74) is 2.66. The Morgan fingerprint density at radius 2 is 2.26 bits per heavy atom. The van der Waals surface area contributed by atoms with E-state index in [2.05, 4.69) is 32.3 Å². The van der Waals surface area contributed by atoms with Crippen molar-refractivity contribution in [1.82, 2.24) is 0 Å². The molecule has 0 atom stereocenters. The minimum absolute atomic E-state index is 0.373. The molecule has 0 saturated heterocycles. The summed E-state index contributed by atoms with van der Waals surface area (Å²) in [7, 11) is 0. The summed E-state index contributed by atoms with van der Waals surface area (Å²) < 4.78 is 1.15. The monoisotopic (exact) mass is 337 g/mol. The number of rotatable bonds is 3. The van der Waals surface area contributed by atoms with Crippen LogP contribution in [0.4, 0.5) is 5.69 Å². The number of aromatic carboxylic acids is 1. The molecule has 1 N–H and O–H groups in total. The molecule has 1 aromatic carbocycles. The van der Waals surface area contributed by atoms with Gasteiger partial charge < -0.3 is 10.0 Å². The van der Waals surface area contributed by atoms with Gasteiger partial charge in [0.2, 0.25) is 0 Å². The average Bonchev–Trinajstić information content (AvgIpc) is 2.97. The second kappa shape index (κ2) is 4.98. The molecule has 3 nitrogen and oxygen atoms in total. The highest BCUT2D eigenvalue weighted by atomic mass is 79.9. The number of nitrogens with zero attached hydrogens (tertiary/aromatic N) is 1. The summed E-state index contributed by atoms with van der Waals surface area (Å²) in [6.45, 7) is 1.82. The molecule has 2 aromatic rings. The molecule has 1 aliphatic rings. The smallest absolute Gasteiger partial charge is 0.335 e. The topological polar surface area (TPSA) is 40.5 Å². The Labute approximate surface area is 123 Å². The Kier molecular flexibility index (Phi) is 3.33. The van der Waals surface area contributed by atoms with Gasteiger partial charge in [0.15, 0.2) is 0 Å². The van der Waals surface area contributed by atoms with Crippen LogP contribution in [0.1, 0.15) is 20.8 Å². The van der Waals surface area contributed by atoms with E-state index in [0.29, 0.717) is 5.56 Å². The van der Waals surface area contributed by atoms with Crippen LogP contribution in [0.2, 0.25) is 0 Å². The minimum atomic E-state index is -0.859. The molecule has 0 fully saturated rings. The van der Waals surface area contributed by atoms with Gasteiger partial charge in [-0.05, 0) is 57.6 Å². The van der Waals surface area contributed by atoms with Crippen LogP contribution in [-0.2, 0) is 13.0 Å². The van der Waals surface area contributed by atoms with E-state index in [1.165, 1.54) is 4.88 Å². The highest BCUT2D eigenvalue weighted by Gasteiger charge is 2.21. The summed E-state index contributed by atoms with van der Waals surface area (Å²) in [6.07, 6.45) is 0.916. The van der Waals surface area contributed by atoms with Gasteiger partial charge in [-0.2, -0.15) is 0 Å². The van der Waals surface area contributed by atoms with Gasteiger partial charge in [0.1, 0.15) is 0 Å². The Hall–Kier alpha value is -1.33. The van der Waals surface area contributed by atoms with Crippen molar-refractivity contribution in [3.63, 3.8) is 0 Å². The van der Waals surface area contributed by atoms with Gasteiger partial charge in [0.05, 0.1) is 12.1 Å². The molecule has 0 saturated carbocycles. The van der Waals surface area contributed by atoms with Crippen LogP contribution in [0.15, 0.2) is 34.1 Å². The molecular formula is C14H12BrNO2S. The van der Waals surface area contributed by atoms with Crippen molar-refractivity contribution in [2.75, 3.05) is 11.4 Å². The molecule has 1 aliphatic heterocycles. The van der Waals surface area contributed by atoms with E-state index in [1.807, 2.05) is 6.07 Å². The molecule has 0 bridgehead atoms. The van der Waals surface area contributed by atoms with Gasteiger partial charge in [0, 0.05) is 21.6 Å². The lowest BCUT2D eigenvalue weighted by molar-refractivity contribution is 0.0697. The predicted molar refractivity (Wildman–Crippen MR) is 80.2 cm³/mol. The van der Waals surface area contributed by atoms with Crippen molar-refractivity contribution < 1.29 is 9.90 Å². The van der Waals surface area contributed by atoms with Crippen molar-refractivity contribution in [1.29, 1.82) is 0 Å². The number of carboxylic acids is 1. The third kappa shape index (κ3) is 2.40. The Balaban J connectivity index is 1.86. The quantitative estimate of drug-likeness (QED) is 0.926. The predicted octanol–water partition coefficient (Wildman–Crippen LogP) is 3.77. The summed E-state index contributed by atoms with van der Waals surface area (Å²) in [6, 6.07) is 7.46. The zero-order valence-corrected chi connectivity index (χ0v) is 12.5. The van der Waals surface area contributed by atoms with Crippen LogP contribution in [0, 0.1) is 0 Å². The Bertz CT molecular complexity index is 638. The van der Waals surface area contributed by atoms with Crippen molar-refractivity contribution in [2.45, 2.75) is 13.0 Å². The van der Waals surface area contributed by atoms with E-state index >= 15 is 0 Å². The van der Waals surface area contributed by atoms with Crippen molar-refractivity contribution in [2.24, 2.45) is 0 Å². The summed E-state index contributed by atoms with van der Waals surface area (Å²) in [4.78, 5) is 14.6. The Morgan fingerprint density at radius 3 is 2.95 bits per heavy atom. The molecule has 3 rings (SSSR count). The van der Waals surface area contributed by atoms with E-state index in [1.54, 1.807) is 23.5 Å². The Morgan fingerprint density at radius 1 is 1.42 bits per heavy atom. The number of anilines is 1. The third-order valence-corrected chi connectivity index (χ3v) is 5.25. The number of hydrogen-bond donors (Lipinski definition) is 1. The number of halogens is 1. The van der Waals surface area contributed by atoms with Gasteiger partial charge >= 0.3 is 5.97 Å². The fraction of sp³-hybridized carbons (Fsp3) is 0.214. The maximum atomic E-state index is 11.0. The normalized spacial score (nSPS) is 13.6. The van der Waals surface area contributed by atoms with Gasteiger partial charge in [-0.3, -0.25) is 0 Å². The first-order valence-corrected chi connectivity index (χ1v) is 7.65. The number of hydrogen-bond acceptors (Lipinski definition) is 3. The number of carboxylic acid groups (broad SMARTS) is 1. The second-order valence-corrected chi connectivity index (χ2v) is 6.37. The zero-order valence-electron chi connectivity index (χ0n) is 10.1. The number of benzene rings is 1. The first-order valence-electron chi connectivity index (χ1n) is 5.98. The van der Waals surface area contributed by atoms with Crippen LogP contribution in [0.5, 0.6) is 0 Å². The molecular weight excluding hydrogens is 326 g/mol. The molecule has 0 radical (unpaired) electrons. The number of thiophene rings is 1. The van der Waals surface area contributed by atoms with Crippen LogP contribution in [0.25, 0.3) is 0 Å². The van der Waals surface area contributed by atoms with Crippen molar-refractivity contribution in [3.05, 3.63) is 50.1 Å². The van der Waals surface area contributed by atoms with Crippen molar-refractivity contribution >= 4 is 38.9 Å². The molecule has 5 heteroatoms. The molecule has 19 heavy (non-hydrogen) atoms. The number of carbonyl (C=O) groups is 1. The fourth-order valence-corrected chi connectivity index (χ4v) is 3.87. The lowest BCUT2D eigenvalue weighted by atomic mass is 10.1. The summed E-state index contributed by atoms with van der Waals surface area (Å²) in [5, 5.41) is 11.1. The van der Waals surface area contributed by atoms with Gasteiger partial charge in [-0.15, -0.1) is 11.3 Å². The van der Waals surface area contributed by atoms with Crippen molar-refractivity contribution in [3.8, 4) is 0 Å². The molecule has 1 aromatic heterocycles. The van der Waals surface area contributed by atoms with Crippen LogP contribution in [0.3, 0.4) is 0 Å². The molecule has 98 valence electrons. The van der Waals surface area contributed by atoms with Gasteiger partial charge in [-0.25, -0.2) is 4.79 Å². The van der Waals surface area contributed by atoms with E-state index in [9.17, 15) is 4.79 Å². The molecule has 0 aliphatic carbocycles. The van der Waals surface area contributed by atoms with Gasteiger partial charge in [0.25, 0.3) is 0 Å². The highest BCUT2D eigenvalue weighted by Crippen LogP contribution is 2.32. The largest absolute Gasteiger partial charge is 0.478 e. The van der Waals surface area contributed by atoms with Gasteiger partial charge in [-0.1, -0.05) is 0 Å². The van der Waals surface area contributed by atoms with E-state index in [4.69, 9.17) is 5.11 Å². The SMILES string of the molecule is O=C(O)c1ccc2c(c1)CCN2Cc1sccc1Br. The first-order chi connectivity index (χ1) is 9.15. The summed E-state index contributed by atoms with van der Waals surface area (Å²) in [5.74, 6) is -0.859. The van der Waals surface area contributed by atoms with Crippen LogP contribution >= 0.6 is 27.3 Å². The lowest BCUT2D eigenvalue weighted by Crippen LogP contribution is -2.19. The molecule has 0 amide bonds. The zero-order chi connectivity index (χ0) is 13.4. The highest BCUT2D eigenvalue weighted by molar-refractivity contribution is 9.10.